The number of carbonyl (C=O) groups is 1. The lowest BCUT2D eigenvalue weighted by Gasteiger charge is -2.20. The first-order valence-electron chi connectivity index (χ1n) is 6.99. The van der Waals surface area contributed by atoms with Crippen LogP contribution in [0, 0.1) is 6.92 Å². The largest absolute Gasteiger partial charge is 0.354 e. The summed E-state index contributed by atoms with van der Waals surface area (Å²) in [7, 11) is 0. The highest BCUT2D eigenvalue weighted by molar-refractivity contribution is 6.28. The van der Waals surface area contributed by atoms with Crippen LogP contribution in [0.15, 0.2) is 18.2 Å². The highest BCUT2D eigenvalue weighted by atomic mass is 35.5. The number of hydrogen-bond donors (Lipinski definition) is 1. The first-order valence-corrected chi connectivity index (χ1v) is 7.37. The van der Waals surface area contributed by atoms with Gasteiger partial charge in [0.25, 0.3) is 0 Å². The number of amides is 1. The normalized spacial score (nSPS) is 18.2. The van der Waals surface area contributed by atoms with Gasteiger partial charge in [0.15, 0.2) is 0 Å². The maximum Gasteiger partial charge on any atom is 0.224 e. The topological polar surface area (TPSA) is 58.1 Å². The smallest absolute Gasteiger partial charge is 0.224 e. The van der Waals surface area contributed by atoms with Crippen molar-refractivity contribution in [3.8, 4) is 0 Å². The van der Waals surface area contributed by atoms with Crippen LogP contribution in [0.3, 0.4) is 0 Å². The van der Waals surface area contributed by atoms with Gasteiger partial charge in [-0.25, -0.2) is 4.98 Å². The van der Waals surface area contributed by atoms with Crippen molar-refractivity contribution >= 4 is 34.2 Å². The van der Waals surface area contributed by atoms with E-state index in [1.807, 2.05) is 25.1 Å². The van der Waals surface area contributed by atoms with Gasteiger partial charge in [-0.05, 0) is 36.6 Å². The van der Waals surface area contributed by atoms with E-state index in [0.717, 1.165) is 41.8 Å². The number of carbonyl (C=O) groups excluding carboxylic acids is 1. The molecule has 0 bridgehead atoms. The molecule has 2 heterocycles. The molecule has 1 aliphatic heterocycles. The number of anilines is 1. The molecule has 1 fully saturated rings. The van der Waals surface area contributed by atoms with Crippen molar-refractivity contribution in [2.45, 2.75) is 26.3 Å². The summed E-state index contributed by atoms with van der Waals surface area (Å²) >= 11 is 6.06. The van der Waals surface area contributed by atoms with E-state index in [2.05, 4.69) is 20.2 Å². The molecule has 5 nitrogen and oxygen atoms in total. The fourth-order valence-electron chi connectivity index (χ4n) is 2.89. The number of aromatic nitrogens is 2. The van der Waals surface area contributed by atoms with Gasteiger partial charge in [0.05, 0.1) is 5.52 Å². The second kappa shape index (κ2) is 5.48. The Morgan fingerprint density at radius 2 is 2.24 bits per heavy atom. The van der Waals surface area contributed by atoms with Gasteiger partial charge < -0.3 is 10.2 Å². The summed E-state index contributed by atoms with van der Waals surface area (Å²) in [6, 6.07) is 6.12. The molecule has 6 heteroatoms. The lowest BCUT2D eigenvalue weighted by atomic mass is 10.1. The first-order chi connectivity index (χ1) is 10.0. The Morgan fingerprint density at radius 1 is 1.43 bits per heavy atom. The molecular weight excluding hydrogens is 288 g/mol. The number of aryl methyl sites for hydroxylation is 1. The van der Waals surface area contributed by atoms with E-state index < -0.39 is 0 Å². The highest BCUT2D eigenvalue weighted by Gasteiger charge is 2.26. The van der Waals surface area contributed by atoms with Crippen LogP contribution in [-0.4, -0.2) is 35.0 Å². The molecule has 0 saturated carbocycles. The molecule has 2 aromatic rings. The molecule has 1 amide bonds. The SMILES string of the molecule is CC(=O)NC1CCN(c2nc(Cl)nc3cccc(C)c23)C1. The van der Waals surface area contributed by atoms with E-state index in [-0.39, 0.29) is 17.2 Å². The maximum absolute atomic E-state index is 11.2. The molecule has 0 aliphatic carbocycles. The number of halogens is 1. The summed E-state index contributed by atoms with van der Waals surface area (Å²) < 4.78 is 0. The minimum absolute atomic E-state index is 0.00334. The molecule has 1 saturated heterocycles. The molecule has 1 unspecified atom stereocenters. The zero-order valence-corrected chi connectivity index (χ0v) is 12.8. The van der Waals surface area contributed by atoms with Gasteiger partial charge in [0, 0.05) is 31.4 Å². The van der Waals surface area contributed by atoms with Gasteiger partial charge in [-0.3, -0.25) is 4.79 Å². The Hall–Kier alpha value is -1.88. The zero-order valence-electron chi connectivity index (χ0n) is 12.1. The second-order valence-electron chi connectivity index (χ2n) is 5.42. The quantitative estimate of drug-likeness (QED) is 0.865. The Morgan fingerprint density at radius 3 is 3.00 bits per heavy atom. The summed E-state index contributed by atoms with van der Waals surface area (Å²) in [6.45, 7) is 5.19. The molecule has 1 N–H and O–H groups in total. The van der Waals surface area contributed by atoms with Crippen molar-refractivity contribution in [3.63, 3.8) is 0 Å². The average molecular weight is 305 g/mol. The molecule has 1 aliphatic rings. The highest BCUT2D eigenvalue weighted by Crippen LogP contribution is 2.30. The van der Waals surface area contributed by atoms with E-state index in [1.165, 1.54) is 0 Å². The van der Waals surface area contributed by atoms with Crippen molar-refractivity contribution in [1.29, 1.82) is 0 Å². The molecule has 1 atom stereocenters. The molecule has 0 radical (unpaired) electrons. The van der Waals surface area contributed by atoms with Crippen LogP contribution in [0.25, 0.3) is 10.9 Å². The number of nitrogens with zero attached hydrogens (tertiary/aromatic N) is 3. The van der Waals surface area contributed by atoms with Crippen molar-refractivity contribution in [2.75, 3.05) is 18.0 Å². The number of rotatable bonds is 2. The van der Waals surface area contributed by atoms with Crippen molar-refractivity contribution < 1.29 is 4.79 Å². The van der Waals surface area contributed by atoms with E-state index in [4.69, 9.17) is 11.6 Å². The number of hydrogen-bond acceptors (Lipinski definition) is 4. The predicted molar refractivity (Wildman–Crippen MR) is 83.7 cm³/mol. The van der Waals surface area contributed by atoms with Crippen molar-refractivity contribution in [2.24, 2.45) is 0 Å². The molecule has 21 heavy (non-hydrogen) atoms. The summed E-state index contributed by atoms with van der Waals surface area (Å²) in [5.41, 5.74) is 1.98. The van der Waals surface area contributed by atoms with Crippen LogP contribution in [0.1, 0.15) is 18.9 Å². The standard InChI is InChI=1S/C15H17ClN4O/c1-9-4-3-5-12-13(9)14(19-15(16)18-12)20-7-6-11(8-20)17-10(2)21/h3-5,11H,6-8H2,1-2H3,(H,17,21). The van der Waals surface area contributed by atoms with E-state index in [1.54, 1.807) is 6.92 Å². The third kappa shape index (κ3) is 2.78. The van der Waals surface area contributed by atoms with Crippen molar-refractivity contribution in [1.82, 2.24) is 15.3 Å². The minimum Gasteiger partial charge on any atom is -0.354 e. The summed E-state index contributed by atoms with van der Waals surface area (Å²) in [6.07, 6.45) is 0.911. The lowest BCUT2D eigenvalue weighted by molar-refractivity contribution is -0.119. The Bertz CT molecular complexity index is 703. The van der Waals surface area contributed by atoms with Crippen LogP contribution >= 0.6 is 11.6 Å². The van der Waals surface area contributed by atoms with Gasteiger partial charge in [-0.15, -0.1) is 0 Å². The Kier molecular flexibility index (Phi) is 3.68. The van der Waals surface area contributed by atoms with Gasteiger partial charge in [-0.2, -0.15) is 4.98 Å². The third-order valence-corrected chi connectivity index (χ3v) is 3.95. The summed E-state index contributed by atoms with van der Waals surface area (Å²) in [5.74, 6) is 0.861. The van der Waals surface area contributed by atoms with E-state index in [9.17, 15) is 4.79 Å². The fraction of sp³-hybridized carbons (Fsp3) is 0.400. The molecular formula is C15H17ClN4O. The Balaban J connectivity index is 1.99. The Labute approximate surface area is 128 Å². The number of fused-ring (bicyclic) bond motifs is 1. The van der Waals surface area contributed by atoms with Crippen LogP contribution in [0.5, 0.6) is 0 Å². The van der Waals surface area contributed by atoms with Crippen LogP contribution in [0.2, 0.25) is 5.28 Å². The summed E-state index contributed by atoms with van der Waals surface area (Å²) in [4.78, 5) is 22.1. The molecule has 1 aromatic carbocycles. The number of nitrogens with one attached hydrogen (secondary N) is 1. The summed E-state index contributed by atoms with van der Waals surface area (Å²) in [5, 5.41) is 4.25. The minimum atomic E-state index is 0.00334. The van der Waals surface area contributed by atoms with Crippen LogP contribution in [0.4, 0.5) is 5.82 Å². The van der Waals surface area contributed by atoms with Crippen molar-refractivity contribution in [3.05, 3.63) is 29.0 Å². The van der Waals surface area contributed by atoms with E-state index >= 15 is 0 Å². The van der Waals surface area contributed by atoms with Crippen LogP contribution in [-0.2, 0) is 4.79 Å². The average Bonchev–Trinajstić information content (AvgIpc) is 2.85. The maximum atomic E-state index is 11.2. The predicted octanol–water partition coefficient (Wildman–Crippen LogP) is 2.31. The monoisotopic (exact) mass is 304 g/mol. The zero-order chi connectivity index (χ0) is 15.0. The van der Waals surface area contributed by atoms with Gasteiger partial charge >= 0.3 is 0 Å². The number of benzene rings is 1. The molecule has 3 rings (SSSR count). The third-order valence-electron chi connectivity index (χ3n) is 3.78. The molecule has 110 valence electrons. The lowest BCUT2D eigenvalue weighted by Crippen LogP contribution is -2.35. The van der Waals surface area contributed by atoms with Gasteiger partial charge in [0.1, 0.15) is 5.82 Å². The van der Waals surface area contributed by atoms with Gasteiger partial charge in [0.2, 0.25) is 11.2 Å². The molecule has 1 aromatic heterocycles. The van der Waals surface area contributed by atoms with Gasteiger partial charge in [-0.1, -0.05) is 12.1 Å². The fourth-order valence-corrected chi connectivity index (χ4v) is 3.06. The van der Waals surface area contributed by atoms with E-state index in [0.29, 0.717) is 0 Å². The first kappa shape index (κ1) is 14.1. The van der Waals surface area contributed by atoms with Crippen LogP contribution < -0.4 is 10.2 Å². The molecule has 0 spiro atoms. The second-order valence-corrected chi connectivity index (χ2v) is 5.76.